The smallest absolute Gasteiger partial charge is 0.138 e. The van der Waals surface area contributed by atoms with Gasteiger partial charge in [0.25, 0.3) is 0 Å². The predicted octanol–water partition coefficient (Wildman–Crippen LogP) is 3.56. The molecule has 0 spiro atoms. The summed E-state index contributed by atoms with van der Waals surface area (Å²) in [4.78, 5) is 0. The van der Waals surface area contributed by atoms with Gasteiger partial charge in [0.15, 0.2) is 0 Å². The van der Waals surface area contributed by atoms with E-state index < -0.39 is 0 Å². The molecule has 2 unspecified atom stereocenters. The first-order chi connectivity index (χ1) is 8.20. The second kappa shape index (κ2) is 5.74. The van der Waals surface area contributed by atoms with Gasteiger partial charge in [0.05, 0.1) is 5.02 Å². The Morgan fingerprint density at radius 3 is 2.94 bits per heavy atom. The summed E-state index contributed by atoms with van der Waals surface area (Å²) < 4.78 is 6.03. The number of likely N-dealkylation sites (N-methyl/N-ethyl adjacent to an activating group) is 1. The second-order valence-corrected chi connectivity index (χ2v) is 5.09. The molecule has 0 aliphatic heterocycles. The van der Waals surface area contributed by atoms with Crippen LogP contribution in [-0.4, -0.2) is 18.7 Å². The lowest BCUT2D eigenvalue weighted by molar-refractivity contribution is 0.176. The van der Waals surface area contributed by atoms with Crippen LogP contribution in [0.15, 0.2) is 18.2 Å². The summed E-state index contributed by atoms with van der Waals surface area (Å²) in [6.07, 6.45) is 3.80. The van der Waals surface area contributed by atoms with Crippen LogP contribution in [0.3, 0.4) is 0 Å². The van der Waals surface area contributed by atoms with Crippen LogP contribution in [-0.2, 0) is 0 Å². The Morgan fingerprint density at radius 2 is 2.24 bits per heavy atom. The van der Waals surface area contributed by atoms with Crippen molar-refractivity contribution in [3.63, 3.8) is 0 Å². The van der Waals surface area contributed by atoms with Gasteiger partial charge in [0.1, 0.15) is 11.9 Å². The molecule has 0 bridgehead atoms. The Balaban J connectivity index is 2.04. The highest BCUT2D eigenvalue weighted by Crippen LogP contribution is 2.30. The van der Waals surface area contributed by atoms with Crippen molar-refractivity contribution in [2.24, 2.45) is 0 Å². The van der Waals surface area contributed by atoms with E-state index in [0.717, 1.165) is 24.3 Å². The van der Waals surface area contributed by atoms with Gasteiger partial charge in [-0.2, -0.15) is 0 Å². The zero-order valence-corrected chi connectivity index (χ0v) is 11.3. The topological polar surface area (TPSA) is 21.3 Å². The lowest BCUT2D eigenvalue weighted by atomic mass is 10.2. The van der Waals surface area contributed by atoms with Crippen LogP contribution in [0, 0.1) is 6.92 Å². The standard InChI is InChI=1S/C14H20ClNO/c1-3-16-12-5-4-6-14(12)17-13-8-7-10(2)9-11(13)15/h7-9,12,14,16H,3-6H2,1-2H3. The molecule has 2 rings (SSSR count). The first-order valence-corrected chi connectivity index (χ1v) is 6.74. The Morgan fingerprint density at radius 1 is 1.41 bits per heavy atom. The summed E-state index contributed by atoms with van der Waals surface area (Å²) in [5.74, 6) is 0.812. The third-order valence-corrected chi connectivity index (χ3v) is 3.58. The fourth-order valence-corrected chi connectivity index (χ4v) is 2.71. The first kappa shape index (κ1) is 12.7. The van der Waals surface area contributed by atoms with Crippen LogP contribution in [0.5, 0.6) is 5.75 Å². The highest BCUT2D eigenvalue weighted by atomic mass is 35.5. The van der Waals surface area contributed by atoms with E-state index >= 15 is 0 Å². The number of ether oxygens (including phenoxy) is 1. The predicted molar refractivity (Wildman–Crippen MR) is 71.9 cm³/mol. The van der Waals surface area contributed by atoms with Crippen molar-refractivity contribution in [3.05, 3.63) is 28.8 Å². The van der Waals surface area contributed by atoms with Crippen LogP contribution in [0.25, 0.3) is 0 Å². The average Bonchev–Trinajstić information content (AvgIpc) is 2.71. The lowest BCUT2D eigenvalue weighted by Gasteiger charge is -2.22. The molecule has 2 nitrogen and oxygen atoms in total. The zero-order chi connectivity index (χ0) is 12.3. The van der Waals surface area contributed by atoms with Gasteiger partial charge in [-0.1, -0.05) is 24.6 Å². The van der Waals surface area contributed by atoms with Crippen LogP contribution >= 0.6 is 11.6 Å². The number of hydrogen-bond donors (Lipinski definition) is 1. The van der Waals surface area contributed by atoms with Crippen molar-refractivity contribution < 1.29 is 4.74 Å². The summed E-state index contributed by atoms with van der Waals surface area (Å²) in [6, 6.07) is 6.43. The average molecular weight is 254 g/mol. The summed E-state index contributed by atoms with van der Waals surface area (Å²) in [5.41, 5.74) is 1.16. The number of benzene rings is 1. The van der Waals surface area contributed by atoms with Gasteiger partial charge < -0.3 is 10.1 Å². The molecule has 0 radical (unpaired) electrons. The van der Waals surface area contributed by atoms with Crippen molar-refractivity contribution in [3.8, 4) is 5.75 Å². The maximum atomic E-state index is 6.19. The maximum Gasteiger partial charge on any atom is 0.138 e. The van der Waals surface area contributed by atoms with E-state index in [1.54, 1.807) is 0 Å². The third kappa shape index (κ3) is 3.14. The van der Waals surface area contributed by atoms with Crippen LogP contribution in [0.2, 0.25) is 5.02 Å². The van der Waals surface area contributed by atoms with Gasteiger partial charge in [-0.15, -0.1) is 0 Å². The van der Waals surface area contributed by atoms with Crippen LogP contribution < -0.4 is 10.1 Å². The SMILES string of the molecule is CCNC1CCCC1Oc1ccc(C)cc1Cl. The Labute approximate surface area is 108 Å². The number of rotatable bonds is 4. The largest absolute Gasteiger partial charge is 0.487 e. The summed E-state index contributed by atoms with van der Waals surface area (Å²) in [6.45, 7) is 5.16. The van der Waals surface area contributed by atoms with E-state index in [9.17, 15) is 0 Å². The number of halogens is 1. The summed E-state index contributed by atoms with van der Waals surface area (Å²) in [7, 11) is 0. The molecule has 1 N–H and O–H groups in total. The molecular formula is C14H20ClNO. The molecule has 2 atom stereocenters. The van der Waals surface area contributed by atoms with Gasteiger partial charge in [-0.25, -0.2) is 0 Å². The number of aryl methyl sites for hydroxylation is 1. The molecule has 1 aromatic rings. The fraction of sp³-hybridized carbons (Fsp3) is 0.571. The highest BCUT2D eigenvalue weighted by molar-refractivity contribution is 6.32. The van der Waals surface area contributed by atoms with Crippen LogP contribution in [0.4, 0.5) is 0 Å². The highest BCUT2D eigenvalue weighted by Gasteiger charge is 2.28. The Hall–Kier alpha value is -0.730. The van der Waals surface area contributed by atoms with E-state index in [1.165, 1.54) is 12.8 Å². The molecular weight excluding hydrogens is 234 g/mol. The van der Waals surface area contributed by atoms with E-state index in [-0.39, 0.29) is 6.10 Å². The minimum atomic E-state index is 0.259. The normalized spacial score (nSPS) is 23.9. The summed E-state index contributed by atoms with van der Waals surface area (Å²) in [5, 5.41) is 4.19. The third-order valence-electron chi connectivity index (χ3n) is 3.28. The molecule has 3 heteroatoms. The van der Waals surface area contributed by atoms with Gasteiger partial charge >= 0.3 is 0 Å². The molecule has 0 amide bonds. The minimum Gasteiger partial charge on any atom is -0.487 e. The van der Waals surface area contributed by atoms with Gasteiger partial charge in [0.2, 0.25) is 0 Å². The molecule has 1 aromatic carbocycles. The molecule has 1 aliphatic rings. The number of hydrogen-bond acceptors (Lipinski definition) is 2. The van der Waals surface area contributed by atoms with Crippen LogP contribution in [0.1, 0.15) is 31.7 Å². The fourth-order valence-electron chi connectivity index (χ4n) is 2.43. The molecule has 1 fully saturated rings. The van der Waals surface area contributed by atoms with E-state index in [2.05, 4.69) is 12.2 Å². The molecule has 17 heavy (non-hydrogen) atoms. The monoisotopic (exact) mass is 253 g/mol. The van der Waals surface area contributed by atoms with Crippen molar-refractivity contribution in [1.29, 1.82) is 0 Å². The first-order valence-electron chi connectivity index (χ1n) is 6.37. The second-order valence-electron chi connectivity index (χ2n) is 4.69. The lowest BCUT2D eigenvalue weighted by Crippen LogP contribution is -2.38. The van der Waals surface area contributed by atoms with Gasteiger partial charge in [-0.3, -0.25) is 0 Å². The van der Waals surface area contributed by atoms with Crippen molar-refractivity contribution in [1.82, 2.24) is 5.32 Å². The van der Waals surface area contributed by atoms with Crippen molar-refractivity contribution in [2.45, 2.75) is 45.3 Å². The minimum absolute atomic E-state index is 0.259. The van der Waals surface area contributed by atoms with Gasteiger partial charge in [0, 0.05) is 6.04 Å². The quantitative estimate of drug-likeness (QED) is 0.886. The summed E-state index contributed by atoms with van der Waals surface area (Å²) >= 11 is 6.19. The maximum absolute atomic E-state index is 6.19. The molecule has 0 saturated heterocycles. The van der Waals surface area contributed by atoms with E-state index in [0.29, 0.717) is 11.1 Å². The van der Waals surface area contributed by atoms with Crippen molar-refractivity contribution in [2.75, 3.05) is 6.54 Å². The zero-order valence-electron chi connectivity index (χ0n) is 10.5. The number of nitrogens with one attached hydrogen (secondary N) is 1. The van der Waals surface area contributed by atoms with E-state index in [1.807, 2.05) is 25.1 Å². The Bertz CT molecular complexity index is 380. The van der Waals surface area contributed by atoms with Crippen molar-refractivity contribution >= 4 is 11.6 Å². The van der Waals surface area contributed by atoms with Gasteiger partial charge in [-0.05, 0) is 50.4 Å². The molecule has 1 aliphatic carbocycles. The Kier molecular flexibility index (Phi) is 4.30. The molecule has 0 heterocycles. The molecule has 0 aromatic heterocycles. The van der Waals surface area contributed by atoms with E-state index in [4.69, 9.17) is 16.3 Å². The molecule has 1 saturated carbocycles. The molecule has 94 valence electrons.